The van der Waals surface area contributed by atoms with Crippen molar-refractivity contribution in [1.82, 2.24) is 14.5 Å². The summed E-state index contributed by atoms with van der Waals surface area (Å²) in [4.78, 5) is 22.0. The maximum Gasteiger partial charge on any atom is 0.309 e. The molecule has 5 rings (SSSR count). The first-order valence-corrected chi connectivity index (χ1v) is 15.3. The quantitative estimate of drug-likeness (QED) is 0.161. The number of pyridine rings is 2. The molecule has 2 aromatic carbocycles. The molecule has 0 aliphatic carbocycles. The van der Waals surface area contributed by atoms with Crippen molar-refractivity contribution in [3.63, 3.8) is 0 Å². The molecular formula is C36H36N4O3S. The summed E-state index contributed by atoms with van der Waals surface area (Å²) < 4.78 is 8.31. The van der Waals surface area contributed by atoms with Gasteiger partial charge in [-0.15, -0.1) is 11.8 Å². The normalized spacial score (nSPS) is 11.8. The Kier molecular flexibility index (Phi) is 8.80. The molecule has 5 aromatic rings. The number of benzene rings is 2. The Morgan fingerprint density at radius 1 is 0.977 bits per heavy atom. The van der Waals surface area contributed by atoms with Gasteiger partial charge in [-0.3, -0.25) is 9.78 Å². The van der Waals surface area contributed by atoms with E-state index in [9.17, 15) is 9.90 Å². The molecule has 44 heavy (non-hydrogen) atoms. The van der Waals surface area contributed by atoms with Gasteiger partial charge >= 0.3 is 5.97 Å². The minimum Gasteiger partial charge on any atom is -0.487 e. The summed E-state index contributed by atoms with van der Waals surface area (Å²) in [6, 6.07) is 25.8. The van der Waals surface area contributed by atoms with Gasteiger partial charge in [0.25, 0.3) is 0 Å². The third kappa shape index (κ3) is 7.12. The molecule has 3 heterocycles. The summed E-state index contributed by atoms with van der Waals surface area (Å²) in [6.45, 7) is 11.0. The number of fused-ring (bicyclic) bond motifs is 1. The van der Waals surface area contributed by atoms with Gasteiger partial charge in [-0.2, -0.15) is 5.26 Å². The maximum absolute atomic E-state index is 12.3. The zero-order valence-electron chi connectivity index (χ0n) is 25.7. The average Bonchev–Trinajstić information content (AvgIpc) is 3.26. The topological polar surface area (TPSA) is 101 Å². The molecule has 224 valence electrons. The van der Waals surface area contributed by atoms with Crippen molar-refractivity contribution in [2.45, 2.75) is 63.8 Å². The number of aliphatic carboxylic acids is 1. The molecule has 0 unspecified atom stereocenters. The largest absolute Gasteiger partial charge is 0.487 e. The van der Waals surface area contributed by atoms with Crippen LogP contribution in [0.5, 0.6) is 5.75 Å². The number of ether oxygens (including phenoxy) is 1. The van der Waals surface area contributed by atoms with Gasteiger partial charge in [0.05, 0.1) is 11.1 Å². The van der Waals surface area contributed by atoms with E-state index in [-0.39, 0.29) is 4.75 Å². The molecule has 0 amide bonds. The number of rotatable bonds is 10. The number of carbonyl (C=O) groups is 1. The lowest BCUT2D eigenvalue weighted by atomic mass is 9.88. The Morgan fingerprint density at radius 3 is 2.34 bits per heavy atom. The molecule has 7 nitrogen and oxygen atoms in total. The van der Waals surface area contributed by atoms with Crippen LogP contribution in [0.2, 0.25) is 0 Å². The Balaban J connectivity index is 1.57. The molecular weight excluding hydrogens is 568 g/mol. The molecule has 0 bridgehead atoms. The summed E-state index contributed by atoms with van der Waals surface area (Å²) >= 11 is 1.75. The standard InChI is InChI=1S/C36H36N4O3S/c1-35(2,3)44-33-30-18-29(43-23-28-8-6-7-17-38-28)15-16-31(30)40(32(33)19-36(4,5)34(41)42)22-24-9-11-25(12-10-24)26-13-14-27(20-37)39-21-26/h6-18,21H,19,22-23H2,1-5H3,(H,41,42). The van der Waals surface area contributed by atoms with Crippen molar-refractivity contribution in [3.05, 3.63) is 108 Å². The predicted octanol–water partition coefficient (Wildman–Crippen LogP) is 8.14. The smallest absolute Gasteiger partial charge is 0.309 e. The molecule has 0 aliphatic rings. The number of hydrogen-bond acceptors (Lipinski definition) is 6. The fourth-order valence-electron chi connectivity index (χ4n) is 4.97. The summed E-state index contributed by atoms with van der Waals surface area (Å²) in [7, 11) is 0. The van der Waals surface area contributed by atoms with E-state index in [4.69, 9.17) is 10.00 Å². The Labute approximate surface area is 262 Å². The number of thioether (sulfide) groups is 1. The number of carboxylic acid groups (broad SMARTS) is 1. The fourth-order valence-corrected chi connectivity index (χ4v) is 6.16. The first-order valence-electron chi connectivity index (χ1n) is 14.5. The van der Waals surface area contributed by atoms with Crippen molar-refractivity contribution < 1.29 is 14.6 Å². The van der Waals surface area contributed by atoms with Crippen LogP contribution in [0, 0.1) is 16.7 Å². The highest BCUT2D eigenvalue weighted by molar-refractivity contribution is 8.00. The minimum absolute atomic E-state index is 0.108. The minimum atomic E-state index is -0.968. The Morgan fingerprint density at radius 2 is 1.73 bits per heavy atom. The molecule has 0 fully saturated rings. The van der Waals surface area contributed by atoms with Gasteiger partial charge in [0, 0.05) is 57.2 Å². The van der Waals surface area contributed by atoms with Gasteiger partial charge in [-0.25, -0.2) is 4.98 Å². The van der Waals surface area contributed by atoms with Crippen molar-refractivity contribution in [1.29, 1.82) is 5.26 Å². The van der Waals surface area contributed by atoms with Gasteiger partial charge in [-0.1, -0.05) is 51.1 Å². The SMILES string of the molecule is CC(C)(C)Sc1c(CC(C)(C)C(=O)O)n(Cc2ccc(-c3ccc(C#N)nc3)cc2)c2ccc(OCc3ccccn3)cc12. The van der Waals surface area contributed by atoms with Crippen molar-refractivity contribution in [2.75, 3.05) is 0 Å². The van der Waals surface area contributed by atoms with Gasteiger partial charge < -0.3 is 14.4 Å². The zero-order valence-corrected chi connectivity index (χ0v) is 26.5. The van der Waals surface area contributed by atoms with E-state index in [0.717, 1.165) is 49.6 Å². The van der Waals surface area contributed by atoms with Crippen molar-refractivity contribution in [3.8, 4) is 22.9 Å². The van der Waals surface area contributed by atoms with E-state index in [1.165, 1.54) is 0 Å². The lowest BCUT2D eigenvalue weighted by Crippen LogP contribution is -2.28. The van der Waals surface area contributed by atoms with E-state index in [0.29, 0.717) is 25.3 Å². The summed E-state index contributed by atoms with van der Waals surface area (Å²) in [5.74, 6) is -0.0961. The van der Waals surface area contributed by atoms with E-state index in [1.54, 1.807) is 44.1 Å². The maximum atomic E-state index is 12.3. The molecule has 0 saturated carbocycles. The summed E-state index contributed by atoms with van der Waals surface area (Å²) in [5.41, 5.74) is 5.32. The fraction of sp³-hybridized carbons (Fsp3) is 0.278. The van der Waals surface area contributed by atoms with E-state index >= 15 is 0 Å². The Bertz CT molecular complexity index is 1820. The van der Waals surface area contributed by atoms with Crippen molar-refractivity contribution >= 4 is 28.6 Å². The summed E-state index contributed by atoms with van der Waals surface area (Å²) in [6.07, 6.45) is 3.83. The molecule has 8 heteroatoms. The predicted molar refractivity (Wildman–Crippen MR) is 175 cm³/mol. The third-order valence-electron chi connectivity index (χ3n) is 7.31. The second-order valence-electron chi connectivity index (χ2n) is 12.5. The van der Waals surface area contributed by atoms with Gasteiger partial charge in [-0.05, 0) is 67.4 Å². The molecule has 0 radical (unpaired) electrons. The van der Waals surface area contributed by atoms with Gasteiger partial charge in [0.15, 0.2) is 0 Å². The second kappa shape index (κ2) is 12.6. The highest BCUT2D eigenvalue weighted by Crippen LogP contribution is 2.44. The zero-order chi connectivity index (χ0) is 31.5. The third-order valence-corrected chi connectivity index (χ3v) is 8.58. The monoisotopic (exact) mass is 604 g/mol. The average molecular weight is 605 g/mol. The van der Waals surface area contributed by atoms with E-state index in [1.807, 2.05) is 30.3 Å². The lowest BCUT2D eigenvalue weighted by Gasteiger charge is -2.24. The number of nitrogens with zero attached hydrogens (tertiary/aromatic N) is 4. The first-order chi connectivity index (χ1) is 20.9. The Hall–Kier alpha value is -4.61. The van der Waals surface area contributed by atoms with Crippen LogP contribution in [0.3, 0.4) is 0 Å². The second-order valence-corrected chi connectivity index (χ2v) is 14.3. The molecule has 0 saturated heterocycles. The highest BCUT2D eigenvalue weighted by atomic mass is 32.2. The number of nitriles is 1. The molecule has 3 aromatic heterocycles. The molecule has 0 aliphatic heterocycles. The first kappa shape index (κ1) is 30.8. The molecule has 0 atom stereocenters. The van der Waals surface area contributed by atoms with Gasteiger partial charge in [0.1, 0.15) is 24.1 Å². The molecule has 0 spiro atoms. The number of hydrogen-bond donors (Lipinski definition) is 1. The van der Waals surface area contributed by atoms with E-state index < -0.39 is 11.4 Å². The lowest BCUT2D eigenvalue weighted by molar-refractivity contribution is -0.146. The van der Waals surface area contributed by atoms with Crippen LogP contribution in [0.1, 0.15) is 57.3 Å². The van der Waals surface area contributed by atoms with Crippen molar-refractivity contribution in [2.24, 2.45) is 5.41 Å². The van der Waals surface area contributed by atoms with E-state index in [2.05, 4.69) is 77.8 Å². The number of carboxylic acids is 1. The van der Waals surface area contributed by atoms with Crippen LogP contribution in [-0.4, -0.2) is 30.4 Å². The van der Waals surface area contributed by atoms with Crippen LogP contribution < -0.4 is 4.74 Å². The molecule has 1 N–H and O–H groups in total. The van der Waals surface area contributed by atoms with Crippen LogP contribution in [0.4, 0.5) is 0 Å². The number of aromatic nitrogens is 3. The van der Waals surface area contributed by atoms with Crippen LogP contribution >= 0.6 is 11.8 Å². The summed E-state index contributed by atoms with van der Waals surface area (Å²) in [5, 5.41) is 20.2. The van der Waals surface area contributed by atoms with Crippen LogP contribution in [-0.2, 0) is 24.4 Å². The van der Waals surface area contributed by atoms with Crippen LogP contribution in [0.15, 0.2) is 90.1 Å². The van der Waals surface area contributed by atoms with Crippen LogP contribution in [0.25, 0.3) is 22.0 Å². The highest BCUT2D eigenvalue weighted by Gasteiger charge is 2.33. The van der Waals surface area contributed by atoms with Gasteiger partial charge in [0.2, 0.25) is 0 Å².